The van der Waals surface area contributed by atoms with Crippen LogP contribution < -0.4 is 0 Å². The second-order valence-electron chi connectivity index (χ2n) is 5.32. The molecule has 19 heavy (non-hydrogen) atoms. The highest BCUT2D eigenvalue weighted by Gasteiger charge is 2.09. The molecule has 0 amide bonds. The van der Waals surface area contributed by atoms with E-state index in [-0.39, 0.29) is 5.97 Å². The lowest BCUT2D eigenvalue weighted by atomic mass is 9.89. The maximum absolute atomic E-state index is 10.9. The van der Waals surface area contributed by atoms with E-state index in [1.165, 1.54) is 19.1 Å². The zero-order chi connectivity index (χ0) is 15.3. The Bertz CT molecular complexity index is 287. The Kier molecular flexibility index (Phi) is 12.0. The minimum Gasteiger partial charge on any atom is -0.478 e. The highest BCUT2D eigenvalue weighted by atomic mass is 16.5. The summed E-state index contributed by atoms with van der Waals surface area (Å²) in [5, 5.41) is 7.60. The van der Waals surface area contributed by atoms with E-state index >= 15 is 0 Å². The van der Waals surface area contributed by atoms with Crippen LogP contribution >= 0.6 is 0 Å². The van der Waals surface area contributed by atoms with Crippen molar-refractivity contribution in [3.8, 4) is 0 Å². The lowest BCUT2D eigenvalue weighted by Gasteiger charge is -2.17. The van der Waals surface area contributed by atoms with Crippen molar-refractivity contribution in [3.05, 3.63) is 25.5 Å². The van der Waals surface area contributed by atoms with Crippen molar-refractivity contribution in [2.75, 3.05) is 0 Å². The predicted octanol–water partition coefficient (Wildman–Crippen LogP) is 3.93. The number of esters is 1. The Hall–Kier alpha value is -1.58. The van der Waals surface area contributed by atoms with Gasteiger partial charge in [0.15, 0.2) is 0 Å². The summed E-state index contributed by atoms with van der Waals surface area (Å²) >= 11 is 0. The number of carboxylic acids is 1. The van der Waals surface area contributed by atoms with Crippen LogP contribution in [-0.4, -0.2) is 17.0 Å². The second kappa shape index (κ2) is 11.5. The van der Waals surface area contributed by atoms with Crippen LogP contribution in [0, 0.1) is 5.41 Å². The van der Waals surface area contributed by atoms with E-state index in [1.54, 1.807) is 0 Å². The molecule has 0 aliphatic heterocycles. The van der Waals surface area contributed by atoms with E-state index in [9.17, 15) is 9.59 Å². The molecule has 0 saturated heterocycles. The molecule has 0 aliphatic rings. The van der Waals surface area contributed by atoms with E-state index in [2.05, 4.69) is 38.7 Å². The summed E-state index contributed by atoms with van der Waals surface area (Å²) in [6.07, 6.45) is 6.95. The van der Waals surface area contributed by atoms with Crippen molar-refractivity contribution in [2.24, 2.45) is 5.41 Å². The number of hydrogen-bond acceptors (Lipinski definition) is 3. The summed E-state index contributed by atoms with van der Waals surface area (Å²) in [5.41, 5.74) is 0.404. The van der Waals surface area contributed by atoms with Crippen LogP contribution in [0.5, 0.6) is 0 Å². The summed E-state index contributed by atoms with van der Waals surface area (Å²) in [5.74, 6) is -1.15. The predicted molar refractivity (Wildman–Crippen MR) is 76.7 cm³/mol. The molecule has 1 N–H and O–H groups in total. The molecule has 0 unspecified atom stereocenters. The molecule has 0 aromatic heterocycles. The summed E-state index contributed by atoms with van der Waals surface area (Å²) in [7, 11) is 0. The first-order valence-electron chi connectivity index (χ1n) is 6.38. The average molecular weight is 270 g/mol. The molecule has 0 spiro atoms. The van der Waals surface area contributed by atoms with Crippen molar-refractivity contribution < 1.29 is 19.4 Å². The normalized spacial score (nSPS) is 9.84. The molecule has 0 aromatic carbocycles. The first kappa shape index (κ1) is 19.8. The van der Waals surface area contributed by atoms with Crippen molar-refractivity contribution in [3.63, 3.8) is 0 Å². The summed E-state index contributed by atoms with van der Waals surface area (Å²) < 4.78 is 4.61. The van der Waals surface area contributed by atoms with Gasteiger partial charge in [-0.05, 0) is 18.3 Å². The number of ether oxygens (including phenoxy) is 1. The molecule has 0 atom stereocenters. The molecule has 0 fully saturated rings. The van der Waals surface area contributed by atoms with Crippen molar-refractivity contribution in [1.82, 2.24) is 0 Å². The van der Waals surface area contributed by atoms with Crippen molar-refractivity contribution in [2.45, 2.75) is 52.9 Å². The third-order valence-corrected chi connectivity index (χ3v) is 2.20. The van der Waals surface area contributed by atoms with Gasteiger partial charge >= 0.3 is 11.9 Å². The molecule has 0 rings (SSSR count). The van der Waals surface area contributed by atoms with Gasteiger partial charge in [0.2, 0.25) is 0 Å². The SMILES string of the molecule is C=CC(=O)O.C=COC(=O)CCCCCC(C)(C)C. The van der Waals surface area contributed by atoms with Crippen LogP contribution in [0.1, 0.15) is 52.9 Å². The standard InChI is InChI=1S/C12H22O2.C3H4O2/c1-5-14-11(13)9-7-6-8-10-12(2,3)4;1-2-3(4)5/h5H,1,6-10H2,2-4H3;2H,1H2,(H,4,5). The minimum absolute atomic E-state index is 0.171. The zero-order valence-corrected chi connectivity index (χ0v) is 12.3. The zero-order valence-electron chi connectivity index (χ0n) is 12.3. The van der Waals surface area contributed by atoms with Gasteiger partial charge in [0.1, 0.15) is 0 Å². The largest absolute Gasteiger partial charge is 0.478 e. The maximum Gasteiger partial charge on any atom is 0.327 e. The number of carboxylic acid groups (broad SMARTS) is 1. The Morgan fingerprint density at radius 1 is 1.16 bits per heavy atom. The molecule has 0 saturated carbocycles. The van der Waals surface area contributed by atoms with Crippen LogP contribution in [-0.2, 0) is 14.3 Å². The molecule has 110 valence electrons. The van der Waals surface area contributed by atoms with Gasteiger partial charge in [-0.3, -0.25) is 4.79 Å². The lowest BCUT2D eigenvalue weighted by molar-refractivity contribution is -0.138. The second-order valence-corrected chi connectivity index (χ2v) is 5.32. The molecule has 0 aliphatic carbocycles. The number of aliphatic carboxylic acids is 1. The first-order valence-corrected chi connectivity index (χ1v) is 6.38. The molecule has 0 heterocycles. The third kappa shape index (κ3) is 22.1. The highest BCUT2D eigenvalue weighted by molar-refractivity contribution is 5.78. The van der Waals surface area contributed by atoms with Crippen LogP contribution in [0.4, 0.5) is 0 Å². The number of rotatable bonds is 7. The minimum atomic E-state index is -0.981. The van der Waals surface area contributed by atoms with Crippen LogP contribution in [0.3, 0.4) is 0 Å². The van der Waals surface area contributed by atoms with Gasteiger partial charge in [-0.2, -0.15) is 0 Å². The molecule has 0 aromatic rings. The topological polar surface area (TPSA) is 63.6 Å². The fourth-order valence-electron chi connectivity index (χ4n) is 1.25. The fourth-order valence-corrected chi connectivity index (χ4v) is 1.25. The quantitative estimate of drug-likeness (QED) is 0.329. The number of carbonyl (C=O) groups excluding carboxylic acids is 1. The van der Waals surface area contributed by atoms with Gasteiger partial charge < -0.3 is 9.84 Å². The van der Waals surface area contributed by atoms with E-state index in [1.807, 2.05) is 0 Å². The molecule has 0 radical (unpaired) electrons. The molecule has 4 nitrogen and oxygen atoms in total. The summed E-state index contributed by atoms with van der Waals surface area (Å²) in [6, 6.07) is 0. The Morgan fingerprint density at radius 2 is 1.68 bits per heavy atom. The molecular formula is C15H26O4. The van der Waals surface area contributed by atoms with Gasteiger partial charge in [-0.15, -0.1) is 0 Å². The monoisotopic (exact) mass is 270 g/mol. The molecule has 0 bridgehead atoms. The highest BCUT2D eigenvalue weighted by Crippen LogP contribution is 2.22. The molecule has 4 heteroatoms. The van der Waals surface area contributed by atoms with E-state index < -0.39 is 5.97 Å². The van der Waals surface area contributed by atoms with E-state index in [0.717, 1.165) is 18.9 Å². The van der Waals surface area contributed by atoms with Crippen molar-refractivity contribution in [1.29, 1.82) is 0 Å². The number of carbonyl (C=O) groups is 2. The average Bonchev–Trinajstić information content (AvgIpc) is 2.28. The van der Waals surface area contributed by atoms with Crippen LogP contribution in [0.2, 0.25) is 0 Å². The van der Waals surface area contributed by atoms with Gasteiger partial charge in [-0.25, -0.2) is 4.79 Å². The van der Waals surface area contributed by atoms with E-state index in [0.29, 0.717) is 11.8 Å². The smallest absolute Gasteiger partial charge is 0.327 e. The summed E-state index contributed by atoms with van der Waals surface area (Å²) in [6.45, 7) is 13.0. The first-order chi connectivity index (χ1) is 8.72. The van der Waals surface area contributed by atoms with Gasteiger partial charge in [0.25, 0.3) is 0 Å². The fraction of sp³-hybridized carbons (Fsp3) is 0.600. The Morgan fingerprint density at radius 3 is 2.05 bits per heavy atom. The molecular weight excluding hydrogens is 244 g/mol. The maximum atomic E-state index is 10.9. The number of hydrogen-bond donors (Lipinski definition) is 1. The van der Waals surface area contributed by atoms with Gasteiger partial charge in [-0.1, -0.05) is 46.8 Å². The number of unbranched alkanes of at least 4 members (excludes halogenated alkanes) is 2. The Labute approximate surface area is 116 Å². The lowest BCUT2D eigenvalue weighted by Crippen LogP contribution is -2.04. The van der Waals surface area contributed by atoms with Crippen LogP contribution in [0.15, 0.2) is 25.5 Å². The van der Waals surface area contributed by atoms with Crippen LogP contribution in [0.25, 0.3) is 0 Å². The Balaban J connectivity index is 0. The van der Waals surface area contributed by atoms with Gasteiger partial charge in [0, 0.05) is 12.5 Å². The third-order valence-electron chi connectivity index (χ3n) is 2.20. The van der Waals surface area contributed by atoms with Crippen molar-refractivity contribution >= 4 is 11.9 Å². The summed E-state index contributed by atoms with van der Waals surface area (Å²) in [4.78, 5) is 20.2. The van der Waals surface area contributed by atoms with E-state index in [4.69, 9.17) is 5.11 Å². The van der Waals surface area contributed by atoms with Gasteiger partial charge in [0.05, 0.1) is 6.26 Å².